The second-order valence-electron chi connectivity index (χ2n) is 7.26. The SMILES string of the molecule is CCCCCn1c(=O)c2ccccc2n2c(SCC(=O)Nc3ccc(F)c(F)c3)nnc12. The quantitative estimate of drug-likeness (QED) is 0.316. The smallest absolute Gasteiger partial charge is 0.262 e. The molecule has 32 heavy (non-hydrogen) atoms. The Bertz CT molecular complexity index is 1350. The number of anilines is 1. The highest BCUT2D eigenvalue weighted by atomic mass is 32.2. The van der Waals surface area contributed by atoms with Crippen LogP contribution in [0.15, 0.2) is 52.4 Å². The average Bonchev–Trinajstić information content (AvgIpc) is 3.21. The van der Waals surface area contributed by atoms with Gasteiger partial charge in [-0.25, -0.2) is 8.78 Å². The van der Waals surface area contributed by atoms with Gasteiger partial charge in [-0.2, -0.15) is 0 Å². The van der Waals surface area contributed by atoms with Gasteiger partial charge in [-0.15, -0.1) is 10.2 Å². The Balaban J connectivity index is 1.62. The first kappa shape index (κ1) is 21.9. The maximum absolute atomic E-state index is 13.4. The summed E-state index contributed by atoms with van der Waals surface area (Å²) >= 11 is 1.14. The molecule has 4 rings (SSSR count). The lowest BCUT2D eigenvalue weighted by molar-refractivity contribution is -0.113. The molecule has 1 amide bonds. The van der Waals surface area contributed by atoms with Gasteiger partial charge in [0.2, 0.25) is 11.7 Å². The summed E-state index contributed by atoms with van der Waals surface area (Å²) in [5.41, 5.74) is 0.702. The minimum atomic E-state index is -1.04. The van der Waals surface area contributed by atoms with Crippen molar-refractivity contribution in [3.8, 4) is 0 Å². The summed E-state index contributed by atoms with van der Waals surface area (Å²) in [7, 11) is 0. The number of fused-ring (bicyclic) bond motifs is 3. The van der Waals surface area contributed by atoms with Gasteiger partial charge >= 0.3 is 0 Å². The lowest BCUT2D eigenvalue weighted by Gasteiger charge is -2.11. The second-order valence-corrected chi connectivity index (χ2v) is 8.21. The fourth-order valence-electron chi connectivity index (χ4n) is 3.45. The van der Waals surface area contributed by atoms with Crippen molar-refractivity contribution in [3.63, 3.8) is 0 Å². The normalized spacial score (nSPS) is 11.3. The highest BCUT2D eigenvalue weighted by Crippen LogP contribution is 2.22. The molecule has 0 aliphatic heterocycles. The van der Waals surface area contributed by atoms with Crippen LogP contribution in [0.25, 0.3) is 16.7 Å². The Morgan fingerprint density at radius 1 is 1.09 bits per heavy atom. The number of hydrogen-bond donors (Lipinski definition) is 1. The fraction of sp³-hybridized carbons (Fsp3) is 0.273. The Morgan fingerprint density at radius 3 is 2.69 bits per heavy atom. The molecular weight excluding hydrogens is 436 g/mol. The highest BCUT2D eigenvalue weighted by molar-refractivity contribution is 7.99. The number of carbonyl (C=O) groups is 1. The number of aryl methyl sites for hydroxylation is 1. The van der Waals surface area contributed by atoms with E-state index in [1.54, 1.807) is 21.1 Å². The summed E-state index contributed by atoms with van der Waals surface area (Å²) in [6.07, 6.45) is 2.86. The van der Waals surface area contributed by atoms with E-state index in [1.165, 1.54) is 6.07 Å². The summed E-state index contributed by atoms with van der Waals surface area (Å²) in [6, 6.07) is 10.4. The standard InChI is InChI=1S/C22H21F2N5O2S/c1-2-3-6-11-28-20(31)15-7-4-5-8-18(15)29-21(28)26-27-22(29)32-13-19(30)25-14-9-10-16(23)17(24)12-14/h4-5,7-10,12H,2-3,6,11,13H2,1H3,(H,25,30). The summed E-state index contributed by atoms with van der Waals surface area (Å²) in [4.78, 5) is 25.4. The number of thioether (sulfide) groups is 1. The van der Waals surface area contributed by atoms with Crippen LogP contribution in [0.1, 0.15) is 26.2 Å². The monoisotopic (exact) mass is 457 g/mol. The van der Waals surface area contributed by atoms with Crippen molar-refractivity contribution in [3.05, 3.63) is 64.5 Å². The first-order valence-corrected chi connectivity index (χ1v) is 11.2. The molecular formula is C22H21F2N5O2S. The van der Waals surface area contributed by atoms with Gasteiger partial charge in [-0.1, -0.05) is 43.7 Å². The second kappa shape index (κ2) is 9.47. The number of nitrogens with one attached hydrogen (secondary N) is 1. The van der Waals surface area contributed by atoms with Crippen molar-refractivity contribution in [2.45, 2.75) is 37.9 Å². The number of aromatic nitrogens is 4. The molecule has 0 radical (unpaired) electrons. The predicted octanol–water partition coefficient (Wildman–Crippen LogP) is 4.24. The highest BCUT2D eigenvalue weighted by Gasteiger charge is 2.17. The van der Waals surface area contributed by atoms with Gasteiger partial charge in [0.15, 0.2) is 16.8 Å². The van der Waals surface area contributed by atoms with Crippen molar-refractivity contribution in [1.29, 1.82) is 0 Å². The van der Waals surface area contributed by atoms with Crippen LogP contribution in [0.4, 0.5) is 14.5 Å². The van der Waals surface area contributed by atoms with Crippen LogP contribution >= 0.6 is 11.8 Å². The maximum atomic E-state index is 13.4. The molecule has 10 heteroatoms. The van der Waals surface area contributed by atoms with Gasteiger partial charge in [-0.05, 0) is 30.7 Å². The van der Waals surface area contributed by atoms with Crippen LogP contribution in [0.2, 0.25) is 0 Å². The first-order valence-electron chi connectivity index (χ1n) is 10.2. The predicted molar refractivity (Wildman–Crippen MR) is 120 cm³/mol. The lowest BCUT2D eigenvalue weighted by Crippen LogP contribution is -2.23. The minimum Gasteiger partial charge on any atom is -0.325 e. The number of carbonyl (C=O) groups excluding carboxylic acids is 1. The summed E-state index contributed by atoms with van der Waals surface area (Å²) < 4.78 is 29.8. The largest absolute Gasteiger partial charge is 0.325 e. The maximum Gasteiger partial charge on any atom is 0.262 e. The minimum absolute atomic E-state index is 0.0247. The van der Waals surface area contributed by atoms with Crippen LogP contribution in [0.5, 0.6) is 0 Å². The molecule has 0 bridgehead atoms. The molecule has 166 valence electrons. The van der Waals surface area contributed by atoms with E-state index in [9.17, 15) is 18.4 Å². The molecule has 0 saturated heterocycles. The van der Waals surface area contributed by atoms with Gasteiger partial charge in [0.1, 0.15) is 0 Å². The van der Waals surface area contributed by atoms with Crippen LogP contribution < -0.4 is 10.9 Å². The van der Waals surface area contributed by atoms with Crippen molar-refractivity contribution in [2.24, 2.45) is 0 Å². The molecule has 2 heterocycles. The van der Waals surface area contributed by atoms with E-state index in [1.807, 2.05) is 12.1 Å². The molecule has 2 aromatic heterocycles. The number of nitrogens with zero attached hydrogens (tertiary/aromatic N) is 4. The van der Waals surface area contributed by atoms with Crippen LogP contribution in [0.3, 0.4) is 0 Å². The average molecular weight is 458 g/mol. The number of benzene rings is 2. The van der Waals surface area contributed by atoms with Gasteiger partial charge < -0.3 is 5.32 Å². The van der Waals surface area contributed by atoms with E-state index in [0.29, 0.717) is 28.4 Å². The van der Waals surface area contributed by atoms with E-state index in [2.05, 4.69) is 22.4 Å². The Hall–Kier alpha value is -3.27. The number of halogens is 2. The third-order valence-corrected chi connectivity index (χ3v) is 5.93. The number of amides is 1. The number of para-hydroxylation sites is 1. The Morgan fingerprint density at radius 2 is 1.91 bits per heavy atom. The summed E-state index contributed by atoms with van der Waals surface area (Å²) in [6.45, 7) is 2.62. The van der Waals surface area contributed by atoms with E-state index in [4.69, 9.17) is 0 Å². The molecule has 2 aromatic carbocycles. The van der Waals surface area contributed by atoms with E-state index >= 15 is 0 Å². The molecule has 0 unspecified atom stereocenters. The van der Waals surface area contributed by atoms with Crippen LogP contribution in [-0.4, -0.2) is 30.8 Å². The van der Waals surface area contributed by atoms with Gasteiger partial charge in [0, 0.05) is 18.3 Å². The molecule has 0 saturated carbocycles. The van der Waals surface area contributed by atoms with E-state index in [0.717, 1.165) is 43.2 Å². The zero-order valence-corrected chi connectivity index (χ0v) is 18.2. The third kappa shape index (κ3) is 4.36. The van der Waals surface area contributed by atoms with Crippen molar-refractivity contribution < 1.29 is 13.6 Å². The zero-order chi connectivity index (χ0) is 22.7. The van der Waals surface area contributed by atoms with E-state index < -0.39 is 17.5 Å². The molecule has 0 aliphatic carbocycles. The van der Waals surface area contributed by atoms with Crippen LogP contribution in [-0.2, 0) is 11.3 Å². The summed E-state index contributed by atoms with van der Waals surface area (Å²) in [5, 5.41) is 12.0. The molecule has 4 aromatic rings. The van der Waals surface area contributed by atoms with Crippen molar-refractivity contribution in [1.82, 2.24) is 19.2 Å². The van der Waals surface area contributed by atoms with E-state index in [-0.39, 0.29) is 17.0 Å². The fourth-order valence-corrected chi connectivity index (χ4v) is 4.19. The number of hydrogen-bond acceptors (Lipinski definition) is 5. The topological polar surface area (TPSA) is 81.3 Å². The number of unbranched alkanes of at least 4 members (excludes halogenated alkanes) is 2. The van der Waals surface area contributed by atoms with Crippen LogP contribution in [0, 0.1) is 11.6 Å². The lowest BCUT2D eigenvalue weighted by atomic mass is 10.2. The molecule has 0 fully saturated rings. The first-order chi connectivity index (χ1) is 15.5. The number of rotatable bonds is 8. The van der Waals surface area contributed by atoms with Crippen molar-refractivity contribution >= 4 is 40.0 Å². The third-order valence-electron chi connectivity index (χ3n) is 5.00. The van der Waals surface area contributed by atoms with Crippen molar-refractivity contribution in [2.75, 3.05) is 11.1 Å². The molecule has 1 N–H and O–H groups in total. The van der Waals surface area contributed by atoms with Gasteiger partial charge in [0.25, 0.3) is 5.56 Å². The zero-order valence-electron chi connectivity index (χ0n) is 17.3. The Kier molecular flexibility index (Phi) is 6.50. The Labute approximate surface area is 186 Å². The molecule has 0 spiro atoms. The summed E-state index contributed by atoms with van der Waals surface area (Å²) in [5.74, 6) is -2.02. The molecule has 7 nitrogen and oxygen atoms in total. The molecule has 0 aliphatic rings. The molecule has 0 atom stereocenters. The van der Waals surface area contributed by atoms with Gasteiger partial charge in [0.05, 0.1) is 16.7 Å². The van der Waals surface area contributed by atoms with Gasteiger partial charge in [-0.3, -0.25) is 18.6 Å².